The summed E-state index contributed by atoms with van der Waals surface area (Å²) in [5.41, 5.74) is 7.84. The van der Waals surface area contributed by atoms with Gasteiger partial charge in [0, 0.05) is 5.69 Å². The Labute approximate surface area is 152 Å². The van der Waals surface area contributed by atoms with Gasteiger partial charge in [0.25, 0.3) is 0 Å². The molecule has 2 aromatic rings. The number of halogens is 1. The molecule has 124 valence electrons. The van der Waals surface area contributed by atoms with E-state index in [9.17, 15) is 4.79 Å². The third-order valence-electron chi connectivity index (χ3n) is 2.87. The molecule has 1 heterocycles. The molecule has 0 aliphatic rings. The Balaban J connectivity index is 0.00000264. The van der Waals surface area contributed by atoms with E-state index in [1.165, 1.54) is 5.56 Å². The summed E-state index contributed by atoms with van der Waals surface area (Å²) in [6.07, 6.45) is 0. The average Bonchev–Trinajstić information content (AvgIpc) is 2.97. The molecule has 0 bridgehead atoms. The number of nitrogens with two attached hydrogens (primary N) is 1. The Hall–Kier alpha value is -2.03. The van der Waals surface area contributed by atoms with E-state index in [1.54, 1.807) is 19.1 Å². The minimum atomic E-state index is -0.483. The molecule has 0 aliphatic heterocycles. The first-order valence-corrected chi connectivity index (χ1v) is 6.98. The number of aryl methyl sites for hydroxylation is 1. The van der Waals surface area contributed by atoms with Crippen molar-refractivity contribution in [1.82, 2.24) is 0 Å². The Morgan fingerprint density at radius 2 is 1.96 bits per heavy atom. The molecule has 0 aliphatic carbocycles. The SMILES string of the molecule is CCOC(=O)c1ccc(CN=C(N)Nc2ccc(C)cc2)o1.I. The van der Waals surface area contributed by atoms with E-state index in [0.717, 1.165) is 5.69 Å². The molecular weight excluding hydrogens is 409 g/mol. The zero-order valence-corrected chi connectivity index (χ0v) is 15.4. The molecule has 0 radical (unpaired) electrons. The van der Waals surface area contributed by atoms with Crippen LogP contribution in [0, 0.1) is 6.92 Å². The predicted molar refractivity (Wildman–Crippen MR) is 100 cm³/mol. The summed E-state index contributed by atoms with van der Waals surface area (Å²) >= 11 is 0. The first-order chi connectivity index (χ1) is 10.6. The zero-order valence-electron chi connectivity index (χ0n) is 13.0. The second-order valence-corrected chi connectivity index (χ2v) is 4.68. The summed E-state index contributed by atoms with van der Waals surface area (Å²) in [6.45, 7) is 4.30. The first kappa shape index (κ1) is 19.0. The molecule has 1 aromatic heterocycles. The fourth-order valence-electron chi connectivity index (χ4n) is 1.76. The lowest BCUT2D eigenvalue weighted by molar-refractivity contribution is 0.0488. The molecule has 6 nitrogen and oxygen atoms in total. The van der Waals surface area contributed by atoms with Gasteiger partial charge in [0.2, 0.25) is 5.76 Å². The molecule has 0 saturated carbocycles. The molecule has 23 heavy (non-hydrogen) atoms. The Morgan fingerprint density at radius 3 is 2.61 bits per heavy atom. The molecule has 0 unspecified atom stereocenters. The van der Waals surface area contributed by atoms with E-state index >= 15 is 0 Å². The van der Waals surface area contributed by atoms with E-state index in [4.69, 9.17) is 14.9 Å². The highest BCUT2D eigenvalue weighted by molar-refractivity contribution is 14.0. The molecule has 0 amide bonds. The minimum absolute atomic E-state index is 0. The fourth-order valence-corrected chi connectivity index (χ4v) is 1.76. The zero-order chi connectivity index (χ0) is 15.9. The molecule has 0 fully saturated rings. The topological polar surface area (TPSA) is 89.8 Å². The summed E-state index contributed by atoms with van der Waals surface area (Å²) in [7, 11) is 0. The second-order valence-electron chi connectivity index (χ2n) is 4.68. The summed E-state index contributed by atoms with van der Waals surface area (Å²) < 4.78 is 10.2. The van der Waals surface area contributed by atoms with Gasteiger partial charge in [-0.1, -0.05) is 17.7 Å². The lowest BCUT2D eigenvalue weighted by Gasteiger charge is -2.05. The van der Waals surface area contributed by atoms with Gasteiger partial charge in [-0.3, -0.25) is 0 Å². The highest BCUT2D eigenvalue weighted by Gasteiger charge is 2.11. The van der Waals surface area contributed by atoms with Gasteiger partial charge in [0.05, 0.1) is 6.61 Å². The smallest absolute Gasteiger partial charge is 0.374 e. The number of ether oxygens (including phenoxy) is 1. The molecule has 1 aromatic carbocycles. The Morgan fingerprint density at radius 1 is 1.26 bits per heavy atom. The van der Waals surface area contributed by atoms with Crippen molar-refractivity contribution in [1.29, 1.82) is 0 Å². The number of nitrogens with zero attached hydrogens (tertiary/aromatic N) is 1. The minimum Gasteiger partial charge on any atom is -0.460 e. The highest BCUT2D eigenvalue weighted by Crippen LogP contribution is 2.11. The molecule has 7 heteroatoms. The van der Waals surface area contributed by atoms with Gasteiger partial charge < -0.3 is 20.2 Å². The number of hydrogen-bond acceptors (Lipinski definition) is 4. The molecule has 0 atom stereocenters. The summed E-state index contributed by atoms with van der Waals surface area (Å²) in [5, 5.41) is 2.98. The molecular formula is C16H20IN3O3. The van der Waals surface area contributed by atoms with E-state index in [1.807, 2.05) is 31.2 Å². The number of guanidine groups is 1. The molecule has 3 N–H and O–H groups in total. The van der Waals surface area contributed by atoms with Gasteiger partial charge in [-0.05, 0) is 38.1 Å². The number of rotatable bonds is 5. The van der Waals surface area contributed by atoms with Crippen molar-refractivity contribution in [3.05, 3.63) is 53.5 Å². The third kappa shape index (κ3) is 5.93. The van der Waals surface area contributed by atoms with Gasteiger partial charge in [0.1, 0.15) is 12.3 Å². The molecule has 0 spiro atoms. The third-order valence-corrected chi connectivity index (χ3v) is 2.87. The monoisotopic (exact) mass is 429 g/mol. The van der Waals surface area contributed by atoms with E-state index in [-0.39, 0.29) is 42.2 Å². The van der Waals surface area contributed by atoms with Crippen molar-refractivity contribution >= 4 is 41.6 Å². The van der Waals surface area contributed by atoms with Crippen LogP contribution in [0.2, 0.25) is 0 Å². The summed E-state index contributed by atoms with van der Waals surface area (Å²) in [5.74, 6) is 0.496. The number of nitrogens with one attached hydrogen (secondary N) is 1. The van der Waals surface area contributed by atoms with Gasteiger partial charge in [-0.2, -0.15) is 0 Å². The van der Waals surface area contributed by atoms with E-state index < -0.39 is 5.97 Å². The van der Waals surface area contributed by atoms with E-state index in [2.05, 4.69) is 10.3 Å². The van der Waals surface area contributed by atoms with Crippen molar-refractivity contribution in [2.75, 3.05) is 11.9 Å². The highest BCUT2D eigenvalue weighted by atomic mass is 127. The van der Waals surface area contributed by atoms with Crippen LogP contribution in [0.4, 0.5) is 5.69 Å². The van der Waals surface area contributed by atoms with Crippen LogP contribution in [-0.4, -0.2) is 18.5 Å². The number of furan rings is 1. The Bertz CT molecular complexity index is 665. The van der Waals surface area contributed by atoms with Crippen LogP contribution >= 0.6 is 24.0 Å². The van der Waals surface area contributed by atoms with Gasteiger partial charge in [0.15, 0.2) is 5.96 Å². The standard InChI is InChI=1S/C16H19N3O3.HI/c1-3-21-15(20)14-9-8-13(22-14)10-18-16(17)19-12-6-4-11(2)5-7-12;/h4-9H,3,10H2,1-2H3,(H3,17,18,19);1H. The molecule has 2 rings (SSSR count). The number of carbonyl (C=O) groups is 1. The number of benzene rings is 1. The number of esters is 1. The summed E-state index contributed by atoms with van der Waals surface area (Å²) in [6, 6.07) is 11.0. The number of carbonyl (C=O) groups excluding carboxylic acids is 1. The molecule has 0 saturated heterocycles. The maximum Gasteiger partial charge on any atom is 0.374 e. The van der Waals surface area contributed by atoms with E-state index in [0.29, 0.717) is 12.4 Å². The van der Waals surface area contributed by atoms with Crippen molar-refractivity contribution in [3.8, 4) is 0 Å². The normalized spacial score (nSPS) is 10.8. The number of hydrogen-bond donors (Lipinski definition) is 2. The van der Waals surface area contributed by atoms with Crippen LogP contribution in [0.15, 0.2) is 45.8 Å². The van der Waals surface area contributed by atoms with Crippen molar-refractivity contribution in [2.45, 2.75) is 20.4 Å². The van der Waals surface area contributed by atoms with Crippen molar-refractivity contribution < 1.29 is 13.9 Å². The van der Waals surface area contributed by atoms with Crippen LogP contribution in [0.1, 0.15) is 28.8 Å². The number of anilines is 1. The largest absolute Gasteiger partial charge is 0.460 e. The van der Waals surface area contributed by atoms with Gasteiger partial charge in [-0.15, -0.1) is 24.0 Å². The Kier molecular flexibility index (Phi) is 7.60. The first-order valence-electron chi connectivity index (χ1n) is 6.98. The van der Waals surface area contributed by atoms with Crippen molar-refractivity contribution in [2.24, 2.45) is 10.7 Å². The van der Waals surface area contributed by atoms with Gasteiger partial charge >= 0.3 is 5.97 Å². The lowest BCUT2D eigenvalue weighted by atomic mass is 10.2. The van der Waals surface area contributed by atoms with Crippen LogP contribution < -0.4 is 11.1 Å². The van der Waals surface area contributed by atoms with Crippen LogP contribution in [-0.2, 0) is 11.3 Å². The van der Waals surface area contributed by atoms with Gasteiger partial charge in [-0.25, -0.2) is 9.79 Å². The van der Waals surface area contributed by atoms with Crippen LogP contribution in [0.25, 0.3) is 0 Å². The average molecular weight is 429 g/mol. The lowest BCUT2D eigenvalue weighted by Crippen LogP contribution is -2.22. The van der Waals surface area contributed by atoms with Crippen LogP contribution in [0.3, 0.4) is 0 Å². The second kappa shape index (κ2) is 9.19. The fraction of sp³-hybridized carbons (Fsp3) is 0.250. The summed E-state index contributed by atoms with van der Waals surface area (Å²) in [4.78, 5) is 15.6. The quantitative estimate of drug-likeness (QED) is 0.330. The maximum absolute atomic E-state index is 11.5. The predicted octanol–water partition coefficient (Wildman–Crippen LogP) is 3.31. The van der Waals surface area contributed by atoms with Crippen molar-refractivity contribution in [3.63, 3.8) is 0 Å². The van der Waals surface area contributed by atoms with Crippen LogP contribution in [0.5, 0.6) is 0 Å². The number of aliphatic imine (C=N–C) groups is 1. The maximum atomic E-state index is 11.5.